The largest absolute Gasteiger partial charge is 0.493 e. The lowest BCUT2D eigenvalue weighted by Crippen LogP contribution is -2.13. The Morgan fingerprint density at radius 3 is 2.37 bits per heavy atom. The molecule has 0 bridgehead atoms. The molecule has 0 amide bonds. The maximum absolute atomic E-state index is 13.1. The zero-order valence-electron chi connectivity index (χ0n) is 20.5. The molecule has 0 radical (unpaired) electrons. The van der Waals surface area contributed by atoms with Crippen molar-refractivity contribution in [2.75, 3.05) is 25.7 Å². The van der Waals surface area contributed by atoms with Crippen molar-refractivity contribution in [3.8, 4) is 46.0 Å². The number of anilines is 1. The number of benzene rings is 3. The molecule has 1 aromatic heterocycles. The number of nitrogens with zero attached hydrogens (tertiary/aromatic N) is 2. The number of aromatic nitrogens is 2. The molecule has 1 aliphatic heterocycles. The third-order valence-electron chi connectivity index (χ3n) is 5.42. The number of nitrogens with one attached hydrogen (secondary N) is 1. The topological polar surface area (TPSA) is 118 Å². The standard InChI is InChI=1S/C27H23N3O7S/c1-33-20-10-6-7-11-22(20)37-24-26(30-38(31,32)15-14-18-8-4-3-5-9-18)28-25(29-27(24)34-2)19-12-13-21-23(16-19)36-17-35-21/h3-16H,17H2,1-2H3,(H,28,29,30)/b15-14+. The highest BCUT2D eigenvalue weighted by molar-refractivity contribution is 7.95. The summed E-state index contributed by atoms with van der Waals surface area (Å²) < 4.78 is 56.4. The van der Waals surface area contributed by atoms with Crippen LogP contribution < -0.4 is 28.4 Å². The van der Waals surface area contributed by atoms with Gasteiger partial charge in [-0.25, -0.2) is 13.4 Å². The number of methoxy groups -OCH3 is 2. The van der Waals surface area contributed by atoms with E-state index >= 15 is 0 Å². The lowest BCUT2D eigenvalue weighted by atomic mass is 10.2. The van der Waals surface area contributed by atoms with Crippen LogP contribution in [-0.4, -0.2) is 39.4 Å². The molecule has 38 heavy (non-hydrogen) atoms. The fourth-order valence-corrected chi connectivity index (χ4v) is 4.42. The maximum Gasteiger partial charge on any atom is 0.263 e. The minimum Gasteiger partial charge on any atom is -0.493 e. The second kappa shape index (κ2) is 10.7. The van der Waals surface area contributed by atoms with Gasteiger partial charge in [-0.05, 0) is 42.0 Å². The lowest BCUT2D eigenvalue weighted by molar-refractivity contribution is 0.174. The second-order valence-corrected chi connectivity index (χ2v) is 9.48. The van der Waals surface area contributed by atoms with Crippen LogP contribution in [0.2, 0.25) is 0 Å². The highest BCUT2D eigenvalue weighted by atomic mass is 32.2. The first-order valence-corrected chi connectivity index (χ1v) is 12.9. The molecule has 0 aliphatic carbocycles. The Bertz CT molecular complexity index is 1590. The fourth-order valence-electron chi connectivity index (χ4n) is 3.61. The zero-order chi connectivity index (χ0) is 26.5. The second-order valence-electron chi connectivity index (χ2n) is 7.92. The van der Waals surface area contributed by atoms with Crippen LogP contribution in [0.15, 0.2) is 78.2 Å². The normalized spacial score (nSPS) is 12.4. The van der Waals surface area contributed by atoms with Gasteiger partial charge in [0, 0.05) is 5.56 Å². The number of fused-ring (bicyclic) bond motifs is 1. The summed E-state index contributed by atoms with van der Waals surface area (Å²) in [5, 5.41) is 1.05. The van der Waals surface area contributed by atoms with Crippen LogP contribution in [-0.2, 0) is 10.0 Å². The van der Waals surface area contributed by atoms with Crippen LogP contribution in [0, 0.1) is 0 Å². The van der Waals surface area contributed by atoms with E-state index in [-0.39, 0.29) is 30.1 Å². The van der Waals surface area contributed by atoms with E-state index in [0.717, 1.165) is 5.41 Å². The molecule has 194 valence electrons. The summed E-state index contributed by atoms with van der Waals surface area (Å²) in [6.45, 7) is 0.105. The monoisotopic (exact) mass is 533 g/mol. The van der Waals surface area contributed by atoms with E-state index in [1.54, 1.807) is 54.6 Å². The highest BCUT2D eigenvalue weighted by Gasteiger charge is 2.24. The molecule has 4 aromatic rings. The molecular weight excluding hydrogens is 510 g/mol. The predicted octanol–water partition coefficient (Wildman–Crippen LogP) is 5.09. The van der Waals surface area contributed by atoms with Crippen molar-refractivity contribution in [2.45, 2.75) is 0 Å². The Hall–Kier alpha value is -4.77. The first kappa shape index (κ1) is 24.9. The minimum absolute atomic E-state index is 0.00307. The molecule has 0 fully saturated rings. The Kier molecular flexibility index (Phi) is 7.00. The summed E-state index contributed by atoms with van der Waals surface area (Å²) in [6, 6.07) is 21.1. The average molecular weight is 534 g/mol. The Balaban J connectivity index is 1.59. The average Bonchev–Trinajstić information content (AvgIpc) is 3.41. The van der Waals surface area contributed by atoms with Crippen molar-refractivity contribution in [2.24, 2.45) is 0 Å². The molecule has 0 saturated heterocycles. The minimum atomic E-state index is -4.03. The lowest BCUT2D eigenvalue weighted by Gasteiger charge is -2.17. The third-order valence-corrected chi connectivity index (χ3v) is 6.39. The molecule has 5 rings (SSSR count). The number of rotatable bonds is 9. The van der Waals surface area contributed by atoms with Crippen LogP contribution in [0.25, 0.3) is 17.5 Å². The van der Waals surface area contributed by atoms with Crippen molar-refractivity contribution in [3.05, 3.63) is 83.8 Å². The van der Waals surface area contributed by atoms with Gasteiger partial charge in [-0.2, -0.15) is 4.98 Å². The van der Waals surface area contributed by atoms with Gasteiger partial charge in [0.25, 0.3) is 15.9 Å². The Morgan fingerprint density at radius 1 is 0.868 bits per heavy atom. The molecular formula is C27H23N3O7S. The zero-order valence-corrected chi connectivity index (χ0v) is 21.3. The number of ether oxygens (including phenoxy) is 5. The van der Waals surface area contributed by atoms with Gasteiger partial charge in [-0.15, -0.1) is 0 Å². The fraction of sp³-hybridized carbons (Fsp3) is 0.111. The molecule has 11 heteroatoms. The van der Waals surface area contributed by atoms with Gasteiger partial charge < -0.3 is 23.7 Å². The highest BCUT2D eigenvalue weighted by Crippen LogP contribution is 2.42. The van der Waals surface area contributed by atoms with Gasteiger partial charge in [-0.3, -0.25) is 4.72 Å². The molecule has 3 aromatic carbocycles. The van der Waals surface area contributed by atoms with Gasteiger partial charge in [0.05, 0.1) is 19.6 Å². The molecule has 10 nitrogen and oxygen atoms in total. The van der Waals surface area contributed by atoms with E-state index in [9.17, 15) is 8.42 Å². The first-order valence-electron chi connectivity index (χ1n) is 11.4. The van der Waals surface area contributed by atoms with Gasteiger partial charge in [0.1, 0.15) is 0 Å². The quantitative estimate of drug-likeness (QED) is 0.314. The van der Waals surface area contributed by atoms with E-state index in [1.165, 1.54) is 20.3 Å². The number of para-hydroxylation sites is 2. The van der Waals surface area contributed by atoms with Crippen molar-refractivity contribution >= 4 is 21.9 Å². The summed E-state index contributed by atoms with van der Waals surface area (Å²) in [4.78, 5) is 8.97. The van der Waals surface area contributed by atoms with Crippen molar-refractivity contribution in [3.63, 3.8) is 0 Å². The SMILES string of the molecule is COc1ccccc1Oc1c(NS(=O)(=O)/C=C/c2ccccc2)nc(-c2ccc3c(c2)OCO3)nc1OC. The van der Waals surface area contributed by atoms with Crippen LogP contribution in [0.1, 0.15) is 5.56 Å². The van der Waals surface area contributed by atoms with Crippen molar-refractivity contribution < 1.29 is 32.1 Å². The summed E-state index contributed by atoms with van der Waals surface area (Å²) in [5.41, 5.74) is 1.27. The van der Waals surface area contributed by atoms with Gasteiger partial charge in [0.15, 0.2) is 34.6 Å². The van der Waals surface area contributed by atoms with E-state index in [1.807, 2.05) is 18.2 Å². The molecule has 0 unspecified atom stereocenters. The van der Waals surface area contributed by atoms with Crippen LogP contribution in [0.4, 0.5) is 5.82 Å². The number of hydrogen-bond acceptors (Lipinski definition) is 9. The summed E-state index contributed by atoms with van der Waals surface area (Å²) in [7, 11) is -1.14. The molecule has 2 heterocycles. The predicted molar refractivity (Wildman–Crippen MR) is 141 cm³/mol. The number of hydrogen-bond donors (Lipinski definition) is 1. The molecule has 0 atom stereocenters. The van der Waals surface area contributed by atoms with Crippen LogP contribution in [0.3, 0.4) is 0 Å². The molecule has 0 saturated carbocycles. The van der Waals surface area contributed by atoms with Gasteiger partial charge >= 0.3 is 0 Å². The molecule has 1 N–H and O–H groups in total. The van der Waals surface area contributed by atoms with Crippen molar-refractivity contribution in [1.29, 1.82) is 0 Å². The van der Waals surface area contributed by atoms with Gasteiger partial charge in [-0.1, -0.05) is 42.5 Å². The number of sulfonamides is 1. The summed E-state index contributed by atoms with van der Waals surface area (Å²) in [5.74, 6) is 1.85. The molecule has 1 aliphatic rings. The summed E-state index contributed by atoms with van der Waals surface area (Å²) in [6.07, 6.45) is 1.47. The van der Waals surface area contributed by atoms with Crippen LogP contribution in [0.5, 0.6) is 34.6 Å². The van der Waals surface area contributed by atoms with E-state index in [0.29, 0.717) is 34.1 Å². The Morgan fingerprint density at radius 2 is 1.61 bits per heavy atom. The third kappa shape index (κ3) is 5.47. The van der Waals surface area contributed by atoms with E-state index < -0.39 is 10.0 Å². The van der Waals surface area contributed by atoms with E-state index in [4.69, 9.17) is 23.7 Å². The van der Waals surface area contributed by atoms with Crippen molar-refractivity contribution in [1.82, 2.24) is 9.97 Å². The van der Waals surface area contributed by atoms with Crippen LogP contribution >= 0.6 is 0 Å². The maximum atomic E-state index is 13.1. The van der Waals surface area contributed by atoms with E-state index in [2.05, 4.69) is 14.7 Å². The first-order chi connectivity index (χ1) is 18.5. The smallest absolute Gasteiger partial charge is 0.263 e. The summed E-state index contributed by atoms with van der Waals surface area (Å²) >= 11 is 0. The Labute approximate surface area is 219 Å². The molecule has 0 spiro atoms. The van der Waals surface area contributed by atoms with Gasteiger partial charge in [0.2, 0.25) is 12.5 Å².